The summed E-state index contributed by atoms with van der Waals surface area (Å²) in [7, 11) is 1.59. The van der Waals surface area contributed by atoms with Crippen LogP contribution in [-0.2, 0) is 23.8 Å². The molecule has 1 aliphatic rings. The highest BCUT2D eigenvalue weighted by atomic mass is 19.4. The Kier molecular flexibility index (Phi) is 4.53. The van der Waals surface area contributed by atoms with Crippen LogP contribution < -0.4 is 10.1 Å². The maximum Gasteiger partial charge on any atom is 0.418 e. The van der Waals surface area contributed by atoms with Gasteiger partial charge < -0.3 is 15.0 Å². The molecule has 1 atom stereocenters. The number of halogens is 3. The van der Waals surface area contributed by atoms with Crippen molar-refractivity contribution >= 4 is 22.5 Å². The van der Waals surface area contributed by atoms with Crippen molar-refractivity contribution < 1.29 is 22.7 Å². The maximum atomic E-state index is 13.2. The lowest BCUT2D eigenvalue weighted by Gasteiger charge is -2.23. The molecule has 0 bridgehead atoms. The first-order valence-electron chi connectivity index (χ1n) is 9.01. The molecular weight excluding hydrogens is 369 g/mol. The number of benzene rings is 2. The monoisotopic (exact) mass is 388 g/mol. The molecule has 4 nitrogen and oxygen atoms in total. The van der Waals surface area contributed by atoms with E-state index in [9.17, 15) is 18.0 Å². The van der Waals surface area contributed by atoms with Crippen LogP contribution in [0.4, 0.5) is 18.9 Å². The van der Waals surface area contributed by atoms with E-state index >= 15 is 0 Å². The fourth-order valence-corrected chi connectivity index (χ4v) is 3.82. The van der Waals surface area contributed by atoms with Gasteiger partial charge in [0.2, 0.25) is 5.91 Å². The molecule has 1 heterocycles. The average Bonchev–Trinajstić information content (AvgIpc) is 3.04. The normalized spacial score (nSPS) is 16.6. The number of amides is 1. The van der Waals surface area contributed by atoms with Crippen LogP contribution in [0.3, 0.4) is 0 Å². The van der Waals surface area contributed by atoms with E-state index in [4.69, 9.17) is 4.74 Å². The van der Waals surface area contributed by atoms with Crippen LogP contribution >= 0.6 is 0 Å². The summed E-state index contributed by atoms with van der Waals surface area (Å²) in [5.74, 6) is -0.0569. The highest BCUT2D eigenvalue weighted by Gasteiger charge is 2.34. The predicted molar refractivity (Wildman–Crippen MR) is 100 cm³/mol. The number of carbonyl (C=O) groups is 1. The van der Waals surface area contributed by atoms with Crippen LogP contribution in [0.2, 0.25) is 0 Å². The number of para-hydroxylation sites is 1. The molecule has 0 spiro atoms. The third-order valence-corrected chi connectivity index (χ3v) is 5.26. The molecule has 28 heavy (non-hydrogen) atoms. The van der Waals surface area contributed by atoms with Crippen molar-refractivity contribution in [2.24, 2.45) is 5.92 Å². The van der Waals surface area contributed by atoms with E-state index in [0.717, 1.165) is 34.0 Å². The van der Waals surface area contributed by atoms with E-state index in [-0.39, 0.29) is 17.5 Å². The molecule has 1 aliphatic carbocycles. The number of hydrogen-bond acceptors (Lipinski definition) is 2. The number of fused-ring (bicyclic) bond motifs is 3. The lowest BCUT2D eigenvalue weighted by molar-refractivity contribution is -0.137. The van der Waals surface area contributed by atoms with Gasteiger partial charge in [0.25, 0.3) is 0 Å². The Morgan fingerprint density at radius 2 is 2.00 bits per heavy atom. The molecule has 3 aromatic rings. The third-order valence-electron chi connectivity index (χ3n) is 5.26. The first-order chi connectivity index (χ1) is 13.4. The van der Waals surface area contributed by atoms with Gasteiger partial charge in [-0.25, -0.2) is 0 Å². The number of carbonyl (C=O) groups excluding carboxylic acids is 1. The largest absolute Gasteiger partial charge is 0.497 e. The average molecular weight is 388 g/mol. The van der Waals surface area contributed by atoms with E-state index in [0.29, 0.717) is 19.3 Å². The second kappa shape index (κ2) is 6.89. The standard InChI is InChI=1S/C21H19F3N2O2/c1-28-13-7-9-18-15(11-13)14-10-12(6-8-17(14)25-18)20(27)26-19-5-3-2-4-16(19)21(22,23)24/h2-5,7,9,11-12,25H,6,8,10H2,1H3,(H,26,27). The Hall–Kier alpha value is -2.96. The number of aromatic nitrogens is 1. The number of aromatic amines is 1. The Bertz CT molecular complexity index is 1040. The number of alkyl halides is 3. The highest BCUT2D eigenvalue weighted by Crippen LogP contribution is 2.36. The smallest absolute Gasteiger partial charge is 0.418 e. The topological polar surface area (TPSA) is 54.1 Å². The molecule has 4 rings (SSSR count). The van der Waals surface area contributed by atoms with Gasteiger partial charge in [-0.1, -0.05) is 12.1 Å². The minimum Gasteiger partial charge on any atom is -0.497 e. The summed E-state index contributed by atoms with van der Waals surface area (Å²) in [6.07, 6.45) is -2.79. The van der Waals surface area contributed by atoms with Crippen LogP contribution in [0.25, 0.3) is 10.9 Å². The molecule has 0 fully saturated rings. The van der Waals surface area contributed by atoms with Crippen molar-refractivity contribution in [3.8, 4) is 5.75 Å². The molecule has 1 amide bonds. The van der Waals surface area contributed by atoms with Gasteiger partial charge in [0.05, 0.1) is 18.4 Å². The van der Waals surface area contributed by atoms with Crippen molar-refractivity contribution in [2.45, 2.75) is 25.4 Å². The molecular formula is C21H19F3N2O2. The van der Waals surface area contributed by atoms with Crippen molar-refractivity contribution in [3.63, 3.8) is 0 Å². The minimum atomic E-state index is -4.52. The minimum absolute atomic E-state index is 0.202. The van der Waals surface area contributed by atoms with Crippen molar-refractivity contribution in [2.75, 3.05) is 12.4 Å². The van der Waals surface area contributed by atoms with Gasteiger partial charge >= 0.3 is 6.18 Å². The molecule has 2 aromatic carbocycles. The highest BCUT2D eigenvalue weighted by molar-refractivity contribution is 5.95. The summed E-state index contributed by atoms with van der Waals surface area (Å²) in [6.45, 7) is 0. The zero-order valence-corrected chi connectivity index (χ0v) is 15.2. The lowest BCUT2D eigenvalue weighted by Crippen LogP contribution is -2.29. The summed E-state index contributed by atoms with van der Waals surface area (Å²) >= 11 is 0. The Labute approximate surface area is 159 Å². The number of H-pyrrole nitrogens is 1. The molecule has 0 saturated heterocycles. The number of ether oxygens (including phenoxy) is 1. The van der Waals surface area contributed by atoms with Crippen LogP contribution in [0.15, 0.2) is 42.5 Å². The Morgan fingerprint density at radius 1 is 1.21 bits per heavy atom. The lowest BCUT2D eigenvalue weighted by atomic mass is 9.85. The Balaban J connectivity index is 1.59. The zero-order chi connectivity index (χ0) is 19.9. The molecule has 0 aliphatic heterocycles. The van der Waals surface area contributed by atoms with Gasteiger partial charge in [-0.05, 0) is 55.2 Å². The summed E-state index contributed by atoms with van der Waals surface area (Å²) < 4.78 is 44.8. The van der Waals surface area contributed by atoms with Crippen molar-refractivity contribution in [3.05, 3.63) is 59.3 Å². The SMILES string of the molecule is COc1ccc2[nH]c3c(c2c1)CC(C(=O)Nc1ccccc1C(F)(F)F)CC3. The first-order valence-corrected chi connectivity index (χ1v) is 9.01. The fraction of sp³-hybridized carbons (Fsp3) is 0.286. The molecule has 1 aromatic heterocycles. The van der Waals surface area contributed by atoms with Gasteiger partial charge in [-0.15, -0.1) is 0 Å². The summed E-state index contributed by atoms with van der Waals surface area (Å²) in [6, 6.07) is 10.8. The molecule has 7 heteroatoms. The quantitative estimate of drug-likeness (QED) is 0.668. The third kappa shape index (κ3) is 3.32. The first kappa shape index (κ1) is 18.4. The number of anilines is 1. The number of methoxy groups -OCH3 is 1. The summed E-state index contributed by atoms with van der Waals surface area (Å²) in [5, 5.41) is 3.48. The molecule has 0 radical (unpaired) electrons. The second-order valence-corrected chi connectivity index (χ2v) is 6.97. The van der Waals surface area contributed by atoms with E-state index < -0.39 is 11.7 Å². The number of nitrogens with one attached hydrogen (secondary N) is 2. The molecule has 146 valence electrons. The predicted octanol–water partition coefficient (Wildman–Crippen LogP) is 4.94. The van der Waals surface area contributed by atoms with E-state index in [1.807, 2.05) is 18.2 Å². The van der Waals surface area contributed by atoms with Gasteiger partial charge in [-0.3, -0.25) is 4.79 Å². The van der Waals surface area contributed by atoms with Crippen LogP contribution in [0.5, 0.6) is 5.75 Å². The van der Waals surface area contributed by atoms with Crippen LogP contribution in [-0.4, -0.2) is 18.0 Å². The fourth-order valence-electron chi connectivity index (χ4n) is 3.82. The van der Waals surface area contributed by atoms with Crippen LogP contribution in [0.1, 0.15) is 23.2 Å². The van der Waals surface area contributed by atoms with Crippen molar-refractivity contribution in [1.82, 2.24) is 4.98 Å². The Morgan fingerprint density at radius 3 is 2.75 bits per heavy atom. The van der Waals surface area contributed by atoms with Gasteiger partial charge in [-0.2, -0.15) is 13.2 Å². The number of aryl methyl sites for hydroxylation is 1. The molecule has 1 unspecified atom stereocenters. The number of rotatable bonds is 3. The van der Waals surface area contributed by atoms with Crippen LogP contribution in [0, 0.1) is 5.92 Å². The zero-order valence-electron chi connectivity index (χ0n) is 15.2. The van der Waals surface area contributed by atoms with E-state index in [1.54, 1.807) is 7.11 Å². The number of hydrogen-bond donors (Lipinski definition) is 2. The summed E-state index contributed by atoms with van der Waals surface area (Å²) in [4.78, 5) is 16.1. The van der Waals surface area contributed by atoms with Gasteiger partial charge in [0.1, 0.15) is 5.75 Å². The molecule has 2 N–H and O–H groups in total. The van der Waals surface area contributed by atoms with Gasteiger partial charge in [0, 0.05) is 22.5 Å². The van der Waals surface area contributed by atoms with E-state index in [2.05, 4.69) is 10.3 Å². The van der Waals surface area contributed by atoms with E-state index in [1.165, 1.54) is 18.2 Å². The summed E-state index contributed by atoms with van der Waals surface area (Å²) in [5.41, 5.74) is 2.03. The van der Waals surface area contributed by atoms with Crippen molar-refractivity contribution in [1.29, 1.82) is 0 Å². The van der Waals surface area contributed by atoms with Gasteiger partial charge in [0.15, 0.2) is 0 Å². The second-order valence-electron chi connectivity index (χ2n) is 6.97. The maximum absolute atomic E-state index is 13.2. The molecule has 0 saturated carbocycles.